The molecule has 3 rings (SSSR count). The number of carbonyl (C=O) groups is 2. The molecule has 0 bridgehead atoms. The molecule has 3 heterocycles. The molecule has 94 valence electrons. The second-order valence-corrected chi connectivity index (χ2v) is 4.38. The van der Waals surface area contributed by atoms with Crippen LogP contribution in [0.2, 0.25) is 0 Å². The van der Waals surface area contributed by atoms with E-state index in [0.29, 0.717) is 31.9 Å². The topological polar surface area (TPSA) is 78.4 Å². The molecule has 0 aromatic carbocycles. The highest BCUT2D eigenvalue weighted by Gasteiger charge is 2.37. The average molecular weight is 247 g/mol. The summed E-state index contributed by atoms with van der Waals surface area (Å²) >= 11 is 0. The third-order valence-corrected chi connectivity index (χ3v) is 3.30. The van der Waals surface area contributed by atoms with Crippen molar-refractivity contribution in [3.63, 3.8) is 0 Å². The highest BCUT2D eigenvalue weighted by molar-refractivity contribution is 5.92. The molecule has 2 fully saturated rings. The van der Waals surface area contributed by atoms with Gasteiger partial charge in [-0.25, -0.2) is 9.78 Å². The highest BCUT2D eigenvalue weighted by atomic mass is 16.2. The third-order valence-electron chi connectivity index (χ3n) is 3.30. The van der Waals surface area contributed by atoms with Crippen LogP contribution in [0.5, 0.6) is 0 Å². The van der Waals surface area contributed by atoms with Crippen LogP contribution < -0.4 is 5.32 Å². The molecule has 2 aliphatic rings. The molecular weight excluding hydrogens is 234 g/mol. The van der Waals surface area contributed by atoms with Gasteiger partial charge in [-0.3, -0.25) is 9.78 Å². The van der Waals surface area contributed by atoms with Crippen molar-refractivity contribution < 1.29 is 9.59 Å². The normalized spacial score (nSPS) is 22.7. The van der Waals surface area contributed by atoms with E-state index in [1.807, 2.05) is 0 Å². The van der Waals surface area contributed by atoms with Crippen molar-refractivity contribution in [1.29, 1.82) is 0 Å². The van der Waals surface area contributed by atoms with Gasteiger partial charge in [0.25, 0.3) is 5.91 Å². The van der Waals surface area contributed by atoms with Gasteiger partial charge in [-0.2, -0.15) is 0 Å². The van der Waals surface area contributed by atoms with E-state index in [9.17, 15) is 9.59 Å². The molecule has 0 radical (unpaired) electrons. The average Bonchev–Trinajstić information content (AvgIpc) is 2.80. The number of hydrogen-bond donors (Lipinski definition) is 1. The van der Waals surface area contributed by atoms with Crippen LogP contribution in [-0.4, -0.2) is 63.9 Å². The van der Waals surface area contributed by atoms with E-state index in [0.717, 1.165) is 0 Å². The predicted octanol–water partition coefficient (Wildman–Crippen LogP) is -0.674. The Labute approximate surface area is 104 Å². The molecule has 1 aromatic heterocycles. The quantitative estimate of drug-likeness (QED) is 0.713. The van der Waals surface area contributed by atoms with E-state index in [4.69, 9.17) is 0 Å². The van der Waals surface area contributed by atoms with Crippen LogP contribution in [-0.2, 0) is 0 Å². The van der Waals surface area contributed by atoms with Gasteiger partial charge in [0.15, 0.2) is 0 Å². The maximum absolute atomic E-state index is 12.2. The van der Waals surface area contributed by atoms with Crippen molar-refractivity contribution in [2.45, 2.75) is 6.04 Å². The van der Waals surface area contributed by atoms with Crippen molar-refractivity contribution >= 4 is 11.9 Å². The Bertz CT molecular complexity index is 478. The van der Waals surface area contributed by atoms with Gasteiger partial charge in [0, 0.05) is 38.6 Å². The van der Waals surface area contributed by atoms with Gasteiger partial charge in [0.2, 0.25) is 0 Å². The second kappa shape index (κ2) is 4.25. The maximum Gasteiger partial charge on any atom is 0.317 e. The summed E-state index contributed by atoms with van der Waals surface area (Å²) in [6.07, 6.45) is 4.51. The Hall–Kier alpha value is -2.18. The molecule has 0 unspecified atom stereocenters. The van der Waals surface area contributed by atoms with E-state index in [-0.39, 0.29) is 18.0 Å². The van der Waals surface area contributed by atoms with Crippen LogP contribution in [0, 0.1) is 0 Å². The Balaban J connectivity index is 1.72. The number of piperazine rings is 1. The summed E-state index contributed by atoms with van der Waals surface area (Å²) in [6.45, 7) is 2.26. The Morgan fingerprint density at radius 3 is 3.06 bits per heavy atom. The molecule has 0 saturated carbocycles. The fourth-order valence-corrected chi connectivity index (χ4v) is 2.36. The zero-order valence-corrected chi connectivity index (χ0v) is 9.74. The van der Waals surface area contributed by atoms with Crippen LogP contribution in [0.3, 0.4) is 0 Å². The first-order valence-electron chi connectivity index (χ1n) is 5.85. The number of urea groups is 1. The van der Waals surface area contributed by atoms with Crippen LogP contribution in [0.25, 0.3) is 0 Å². The van der Waals surface area contributed by atoms with Crippen LogP contribution in [0.4, 0.5) is 4.79 Å². The number of carbonyl (C=O) groups excluding carboxylic acids is 2. The number of amides is 3. The summed E-state index contributed by atoms with van der Waals surface area (Å²) < 4.78 is 0. The molecule has 0 aliphatic carbocycles. The van der Waals surface area contributed by atoms with E-state index >= 15 is 0 Å². The molecule has 0 spiro atoms. The lowest BCUT2D eigenvalue weighted by Crippen LogP contribution is -2.53. The fraction of sp³-hybridized carbons (Fsp3) is 0.455. The zero-order valence-electron chi connectivity index (χ0n) is 9.74. The minimum Gasteiger partial charge on any atom is -0.336 e. The molecule has 2 aliphatic heterocycles. The lowest BCUT2D eigenvalue weighted by molar-refractivity contribution is 0.0611. The summed E-state index contributed by atoms with van der Waals surface area (Å²) in [4.78, 5) is 35.0. The number of fused-ring (bicyclic) bond motifs is 1. The first-order chi connectivity index (χ1) is 8.75. The van der Waals surface area contributed by atoms with Gasteiger partial charge < -0.3 is 15.1 Å². The molecular formula is C11H13N5O2. The van der Waals surface area contributed by atoms with E-state index < -0.39 is 0 Å². The molecule has 7 nitrogen and oxygen atoms in total. The number of nitrogens with zero attached hydrogens (tertiary/aromatic N) is 4. The Kier molecular flexibility index (Phi) is 2.58. The molecule has 18 heavy (non-hydrogen) atoms. The van der Waals surface area contributed by atoms with Crippen molar-refractivity contribution in [3.05, 3.63) is 24.3 Å². The lowest BCUT2D eigenvalue weighted by atomic mass is 10.2. The molecule has 2 saturated heterocycles. The van der Waals surface area contributed by atoms with Crippen LogP contribution >= 0.6 is 0 Å². The standard InChI is InChI=1S/C11H13N5O2/c17-10(9-6-12-1-2-13-9)15-3-4-16-8(7-15)5-14-11(16)18/h1-2,6,8H,3-5,7H2,(H,14,18)/t8-/m0/s1. The van der Waals surface area contributed by atoms with Crippen molar-refractivity contribution in [2.24, 2.45) is 0 Å². The fourth-order valence-electron chi connectivity index (χ4n) is 2.36. The number of rotatable bonds is 1. The number of nitrogens with one attached hydrogen (secondary N) is 1. The summed E-state index contributed by atoms with van der Waals surface area (Å²) in [7, 11) is 0. The van der Waals surface area contributed by atoms with Crippen LogP contribution in [0.1, 0.15) is 10.5 Å². The predicted molar refractivity (Wildman–Crippen MR) is 61.8 cm³/mol. The van der Waals surface area contributed by atoms with Gasteiger partial charge >= 0.3 is 6.03 Å². The molecule has 3 amide bonds. The highest BCUT2D eigenvalue weighted by Crippen LogP contribution is 2.15. The first-order valence-corrected chi connectivity index (χ1v) is 5.85. The van der Waals surface area contributed by atoms with E-state index in [2.05, 4.69) is 15.3 Å². The van der Waals surface area contributed by atoms with Crippen molar-refractivity contribution in [3.8, 4) is 0 Å². The van der Waals surface area contributed by atoms with Crippen molar-refractivity contribution in [1.82, 2.24) is 25.1 Å². The SMILES string of the molecule is O=C(c1cnccn1)N1CCN2C(=O)NC[C@H]2C1. The zero-order chi connectivity index (χ0) is 12.5. The smallest absolute Gasteiger partial charge is 0.317 e. The monoisotopic (exact) mass is 247 g/mol. The van der Waals surface area contributed by atoms with Gasteiger partial charge in [0.05, 0.1) is 12.2 Å². The van der Waals surface area contributed by atoms with Gasteiger partial charge in [0.1, 0.15) is 5.69 Å². The van der Waals surface area contributed by atoms with Gasteiger partial charge in [-0.1, -0.05) is 0 Å². The minimum atomic E-state index is -0.123. The molecule has 1 aromatic rings. The summed E-state index contributed by atoms with van der Waals surface area (Å²) in [5.41, 5.74) is 0.350. The number of aromatic nitrogens is 2. The largest absolute Gasteiger partial charge is 0.336 e. The third kappa shape index (κ3) is 1.77. The second-order valence-electron chi connectivity index (χ2n) is 4.38. The minimum absolute atomic E-state index is 0.0356. The maximum atomic E-state index is 12.2. The van der Waals surface area contributed by atoms with Crippen LogP contribution in [0.15, 0.2) is 18.6 Å². The molecule has 1 N–H and O–H groups in total. The number of hydrogen-bond acceptors (Lipinski definition) is 4. The Morgan fingerprint density at radius 1 is 1.39 bits per heavy atom. The molecule has 7 heteroatoms. The van der Waals surface area contributed by atoms with E-state index in [1.165, 1.54) is 18.6 Å². The summed E-state index contributed by atoms with van der Waals surface area (Å²) in [5, 5.41) is 2.78. The Morgan fingerprint density at radius 2 is 2.28 bits per heavy atom. The van der Waals surface area contributed by atoms with Gasteiger partial charge in [-0.15, -0.1) is 0 Å². The van der Waals surface area contributed by atoms with Crippen molar-refractivity contribution in [2.75, 3.05) is 26.2 Å². The summed E-state index contributed by atoms with van der Waals surface area (Å²) in [5.74, 6) is -0.123. The first kappa shape index (κ1) is 10.9. The van der Waals surface area contributed by atoms with Gasteiger partial charge in [-0.05, 0) is 0 Å². The van der Waals surface area contributed by atoms with E-state index in [1.54, 1.807) is 9.80 Å². The summed E-state index contributed by atoms with van der Waals surface area (Å²) in [6, 6.07) is 0.0403. The lowest BCUT2D eigenvalue weighted by Gasteiger charge is -2.36. The molecule has 1 atom stereocenters.